The van der Waals surface area contributed by atoms with Crippen molar-refractivity contribution in [2.45, 2.75) is 40.3 Å². The normalized spacial score (nSPS) is 11.6. The van der Waals surface area contributed by atoms with Gasteiger partial charge in [0.05, 0.1) is 17.9 Å². The van der Waals surface area contributed by atoms with Crippen LogP contribution in [0.1, 0.15) is 36.8 Å². The molecule has 2 amide bonds. The van der Waals surface area contributed by atoms with Crippen LogP contribution in [0.25, 0.3) is 0 Å². The smallest absolute Gasteiger partial charge is 0.262 e. The first-order valence-electron chi connectivity index (χ1n) is 10.2. The van der Waals surface area contributed by atoms with Gasteiger partial charge in [0.25, 0.3) is 5.91 Å². The van der Waals surface area contributed by atoms with Gasteiger partial charge in [0, 0.05) is 30.4 Å². The molecule has 1 unspecified atom stereocenters. The number of aryl methyl sites for hydroxylation is 2. The molecule has 0 radical (unpaired) electrons. The van der Waals surface area contributed by atoms with E-state index in [2.05, 4.69) is 31.7 Å². The molecule has 0 spiro atoms. The summed E-state index contributed by atoms with van der Waals surface area (Å²) in [4.78, 5) is 23.6. The number of hydrazine groups is 1. The Balaban J connectivity index is 1.58. The number of amides is 2. The Labute approximate surface area is 199 Å². The molecule has 1 atom stereocenters. The van der Waals surface area contributed by atoms with E-state index in [1.54, 1.807) is 17.7 Å². The number of aromatic nitrogens is 4. The molecule has 0 aliphatic rings. The number of halogens is 2. The van der Waals surface area contributed by atoms with E-state index in [4.69, 9.17) is 12.2 Å². The maximum atomic E-state index is 14.6. The Bertz CT molecular complexity index is 1240. The van der Waals surface area contributed by atoms with E-state index >= 15 is 0 Å². The third-order valence-electron chi connectivity index (χ3n) is 4.79. The van der Waals surface area contributed by atoms with Gasteiger partial charge in [0.1, 0.15) is 11.9 Å². The topological polar surface area (TPSA) is 118 Å². The summed E-state index contributed by atoms with van der Waals surface area (Å²) in [5.74, 6) is -2.19. The summed E-state index contributed by atoms with van der Waals surface area (Å²) in [6.07, 6.45) is 1.50. The summed E-state index contributed by atoms with van der Waals surface area (Å²) in [5, 5.41) is 13.6. The second-order valence-electron chi connectivity index (χ2n) is 7.58. The average Bonchev–Trinajstić information content (AvgIpc) is 3.35. The van der Waals surface area contributed by atoms with E-state index in [-0.39, 0.29) is 34.6 Å². The maximum Gasteiger partial charge on any atom is 0.262 e. The Kier molecular flexibility index (Phi) is 7.56. The van der Waals surface area contributed by atoms with E-state index in [0.717, 1.165) is 23.5 Å². The maximum absolute atomic E-state index is 14.6. The molecule has 3 aromatic rings. The first-order chi connectivity index (χ1) is 16.0. The number of nitrogens with one attached hydrogen (secondary N) is 4. The summed E-state index contributed by atoms with van der Waals surface area (Å²) in [5.41, 5.74) is 6.36. The van der Waals surface area contributed by atoms with Gasteiger partial charge in [0.15, 0.2) is 16.7 Å². The molecule has 10 nitrogen and oxygen atoms in total. The fourth-order valence-corrected chi connectivity index (χ4v) is 3.38. The van der Waals surface area contributed by atoms with E-state index in [1.807, 2.05) is 19.9 Å². The van der Waals surface area contributed by atoms with E-state index < -0.39 is 23.6 Å². The molecule has 0 saturated carbocycles. The lowest BCUT2D eigenvalue weighted by Gasteiger charge is -2.16. The minimum Gasteiger partial charge on any atom is -0.324 e. The van der Waals surface area contributed by atoms with Crippen LogP contribution in [0.15, 0.2) is 30.5 Å². The van der Waals surface area contributed by atoms with Crippen molar-refractivity contribution in [2.75, 3.05) is 10.6 Å². The SMILES string of the molecule is CC(=O)Nc1ccc(F)c(Cn2ccc(NC(=S)NNC(=O)C(C)n3nc(C)cc3C)n2)c1F. The standard InChI is InChI=1S/C21H24F2N8O2S/c1-11-9-12(2)31(28-11)13(3)20(33)26-27-21(34)25-18-7-8-30(29-18)10-15-16(22)5-6-17(19(15)23)24-14(4)32/h5-9,13H,10H2,1-4H3,(H,24,32)(H,26,33)(H2,25,27,29,34). The third-order valence-corrected chi connectivity index (χ3v) is 4.99. The molecular formula is C21H24F2N8O2S. The van der Waals surface area contributed by atoms with Gasteiger partial charge >= 0.3 is 0 Å². The highest BCUT2D eigenvalue weighted by molar-refractivity contribution is 7.80. The highest BCUT2D eigenvalue weighted by Gasteiger charge is 2.18. The molecule has 0 saturated heterocycles. The molecule has 34 heavy (non-hydrogen) atoms. The van der Waals surface area contributed by atoms with E-state index in [0.29, 0.717) is 0 Å². The molecule has 4 N–H and O–H groups in total. The summed E-state index contributed by atoms with van der Waals surface area (Å²) >= 11 is 5.16. The Morgan fingerprint density at radius 1 is 1.12 bits per heavy atom. The zero-order valence-corrected chi connectivity index (χ0v) is 19.8. The first kappa shape index (κ1) is 24.8. The number of hydrogen-bond donors (Lipinski definition) is 4. The van der Waals surface area contributed by atoms with Gasteiger partial charge in [-0.1, -0.05) is 0 Å². The minimum absolute atomic E-state index is 0.0594. The van der Waals surface area contributed by atoms with Gasteiger partial charge in [-0.05, 0) is 51.2 Å². The van der Waals surface area contributed by atoms with Crippen LogP contribution in [-0.2, 0) is 16.1 Å². The molecule has 3 rings (SSSR count). The molecule has 13 heteroatoms. The number of hydrogen-bond acceptors (Lipinski definition) is 5. The molecule has 0 fully saturated rings. The van der Waals surface area contributed by atoms with Gasteiger partial charge in [-0.25, -0.2) is 8.78 Å². The Morgan fingerprint density at radius 2 is 1.85 bits per heavy atom. The average molecular weight is 491 g/mol. The highest BCUT2D eigenvalue weighted by atomic mass is 32.1. The lowest BCUT2D eigenvalue weighted by atomic mass is 10.1. The van der Waals surface area contributed by atoms with Crippen molar-refractivity contribution < 1.29 is 18.4 Å². The molecule has 2 aromatic heterocycles. The van der Waals surface area contributed by atoms with Crippen LogP contribution in [0.2, 0.25) is 0 Å². The summed E-state index contributed by atoms with van der Waals surface area (Å²) < 4.78 is 31.7. The molecule has 0 bridgehead atoms. The fourth-order valence-electron chi connectivity index (χ4n) is 3.23. The van der Waals surface area contributed by atoms with Crippen LogP contribution in [-0.4, -0.2) is 36.5 Å². The van der Waals surface area contributed by atoms with Crippen LogP contribution >= 0.6 is 12.2 Å². The van der Waals surface area contributed by atoms with E-state index in [9.17, 15) is 18.4 Å². The van der Waals surface area contributed by atoms with Crippen molar-refractivity contribution in [2.24, 2.45) is 0 Å². The first-order valence-corrected chi connectivity index (χ1v) is 10.6. The lowest BCUT2D eigenvalue weighted by molar-refractivity contribution is -0.124. The second-order valence-corrected chi connectivity index (χ2v) is 7.99. The number of carbonyl (C=O) groups is 2. The van der Waals surface area contributed by atoms with Crippen LogP contribution in [0.4, 0.5) is 20.3 Å². The highest BCUT2D eigenvalue weighted by Crippen LogP contribution is 2.22. The predicted octanol–water partition coefficient (Wildman–Crippen LogP) is 2.56. The van der Waals surface area contributed by atoms with Crippen molar-refractivity contribution in [1.29, 1.82) is 0 Å². The van der Waals surface area contributed by atoms with Crippen molar-refractivity contribution >= 4 is 40.6 Å². The summed E-state index contributed by atoms with van der Waals surface area (Å²) in [6.45, 7) is 6.41. The number of rotatable bonds is 6. The Hall–Kier alpha value is -3.87. The van der Waals surface area contributed by atoms with Gasteiger partial charge in [-0.3, -0.25) is 29.8 Å². The van der Waals surface area contributed by atoms with Crippen LogP contribution in [0.5, 0.6) is 0 Å². The van der Waals surface area contributed by atoms with Gasteiger partial charge in [-0.15, -0.1) is 0 Å². The zero-order valence-electron chi connectivity index (χ0n) is 18.9. The number of nitrogens with zero attached hydrogens (tertiary/aromatic N) is 4. The quantitative estimate of drug-likeness (QED) is 0.310. The molecule has 180 valence electrons. The van der Waals surface area contributed by atoms with Crippen LogP contribution in [0.3, 0.4) is 0 Å². The summed E-state index contributed by atoms with van der Waals surface area (Å²) in [6, 6.07) is 5.07. The van der Waals surface area contributed by atoms with Crippen LogP contribution < -0.4 is 21.5 Å². The second kappa shape index (κ2) is 10.4. The summed E-state index contributed by atoms with van der Waals surface area (Å²) in [7, 11) is 0. The van der Waals surface area contributed by atoms with Gasteiger partial charge in [-0.2, -0.15) is 10.2 Å². The molecule has 0 aliphatic heterocycles. The van der Waals surface area contributed by atoms with Crippen molar-refractivity contribution in [3.63, 3.8) is 0 Å². The fraction of sp³-hybridized carbons (Fsp3) is 0.286. The van der Waals surface area contributed by atoms with Crippen molar-refractivity contribution in [3.05, 3.63) is 59.0 Å². The van der Waals surface area contributed by atoms with Gasteiger partial charge < -0.3 is 10.6 Å². The largest absolute Gasteiger partial charge is 0.324 e. The van der Waals surface area contributed by atoms with Crippen LogP contribution in [0, 0.1) is 25.5 Å². The Morgan fingerprint density at radius 3 is 2.50 bits per heavy atom. The van der Waals surface area contributed by atoms with Gasteiger partial charge in [0.2, 0.25) is 5.91 Å². The molecule has 0 aliphatic carbocycles. The molecule has 2 heterocycles. The van der Waals surface area contributed by atoms with Crippen molar-refractivity contribution in [1.82, 2.24) is 30.4 Å². The zero-order chi connectivity index (χ0) is 25.0. The third kappa shape index (κ3) is 5.92. The number of thiocarbonyl (C=S) groups is 1. The van der Waals surface area contributed by atoms with E-state index in [1.165, 1.54) is 17.8 Å². The number of carbonyl (C=O) groups excluding carboxylic acids is 2. The number of anilines is 2. The monoisotopic (exact) mass is 490 g/mol. The van der Waals surface area contributed by atoms with Crippen molar-refractivity contribution in [3.8, 4) is 0 Å². The lowest BCUT2D eigenvalue weighted by Crippen LogP contribution is -2.46. The molecule has 1 aromatic carbocycles. The predicted molar refractivity (Wildman–Crippen MR) is 126 cm³/mol. The minimum atomic E-state index is -0.878. The molecular weight excluding hydrogens is 466 g/mol. The number of benzene rings is 1.